The number of anilines is 1. The van der Waals surface area contributed by atoms with E-state index in [0.29, 0.717) is 0 Å². The fraction of sp³-hybridized carbons (Fsp3) is 0.333. The Bertz CT molecular complexity index is 465. The van der Waals surface area contributed by atoms with Crippen LogP contribution in [0.15, 0.2) is 18.2 Å². The van der Waals surface area contributed by atoms with Crippen molar-refractivity contribution < 1.29 is 18.7 Å². The number of esters is 1. The second-order valence-electron chi connectivity index (χ2n) is 3.59. The lowest BCUT2D eigenvalue weighted by atomic mass is 10.1. The predicted octanol–water partition coefficient (Wildman–Crippen LogP) is 2.62. The number of rotatable bonds is 4. The highest BCUT2D eigenvalue weighted by molar-refractivity contribution is 6.33. The van der Waals surface area contributed by atoms with Crippen LogP contribution in [0.5, 0.6) is 0 Å². The van der Waals surface area contributed by atoms with Crippen molar-refractivity contribution in [2.45, 2.75) is 13.8 Å². The van der Waals surface area contributed by atoms with Gasteiger partial charge in [-0.3, -0.25) is 9.59 Å². The third-order valence-electron chi connectivity index (χ3n) is 2.22. The molecule has 1 aromatic carbocycles. The summed E-state index contributed by atoms with van der Waals surface area (Å²) in [5, 5.41) is 2.57. The van der Waals surface area contributed by atoms with E-state index in [1.165, 1.54) is 19.1 Å². The number of amides is 1. The van der Waals surface area contributed by atoms with Crippen LogP contribution in [0.2, 0.25) is 5.02 Å². The van der Waals surface area contributed by atoms with Gasteiger partial charge >= 0.3 is 5.97 Å². The van der Waals surface area contributed by atoms with E-state index >= 15 is 0 Å². The van der Waals surface area contributed by atoms with Gasteiger partial charge in [0.05, 0.1) is 17.3 Å². The lowest BCUT2D eigenvalue weighted by Gasteiger charge is -2.12. The zero-order chi connectivity index (χ0) is 13.7. The van der Waals surface area contributed by atoms with Crippen LogP contribution in [-0.4, -0.2) is 18.5 Å². The van der Waals surface area contributed by atoms with E-state index in [1.807, 2.05) is 0 Å². The van der Waals surface area contributed by atoms with Crippen molar-refractivity contribution in [3.8, 4) is 0 Å². The van der Waals surface area contributed by atoms with E-state index in [-0.39, 0.29) is 17.3 Å². The van der Waals surface area contributed by atoms with Gasteiger partial charge in [0.15, 0.2) is 0 Å². The number of ether oxygens (including phenoxy) is 1. The minimum absolute atomic E-state index is 0.123. The van der Waals surface area contributed by atoms with Gasteiger partial charge in [-0.2, -0.15) is 0 Å². The molecule has 0 saturated heterocycles. The maximum absolute atomic E-state index is 13.0. The van der Waals surface area contributed by atoms with Crippen LogP contribution in [0.4, 0.5) is 10.1 Å². The van der Waals surface area contributed by atoms with Crippen LogP contribution < -0.4 is 5.32 Å². The quantitative estimate of drug-likeness (QED) is 0.678. The molecule has 1 N–H and O–H groups in total. The highest BCUT2D eigenvalue weighted by Crippen LogP contribution is 2.23. The summed E-state index contributed by atoms with van der Waals surface area (Å²) in [4.78, 5) is 23.0. The topological polar surface area (TPSA) is 55.4 Å². The molecule has 0 aliphatic rings. The molecule has 1 rings (SSSR count). The summed E-state index contributed by atoms with van der Waals surface area (Å²) in [6.45, 7) is 3.24. The summed E-state index contributed by atoms with van der Waals surface area (Å²) in [7, 11) is 0. The zero-order valence-corrected chi connectivity index (χ0v) is 10.8. The van der Waals surface area contributed by atoms with E-state index in [9.17, 15) is 14.0 Å². The molecule has 0 aromatic heterocycles. The zero-order valence-electron chi connectivity index (χ0n) is 10.00. The molecule has 98 valence electrons. The van der Waals surface area contributed by atoms with Crippen LogP contribution in [0, 0.1) is 11.7 Å². The van der Waals surface area contributed by atoms with Gasteiger partial charge in [-0.05, 0) is 32.0 Å². The Hall–Kier alpha value is -1.62. The van der Waals surface area contributed by atoms with Crippen molar-refractivity contribution in [3.63, 3.8) is 0 Å². The largest absolute Gasteiger partial charge is 0.465 e. The highest BCUT2D eigenvalue weighted by atomic mass is 35.5. The van der Waals surface area contributed by atoms with Crippen molar-refractivity contribution in [1.29, 1.82) is 0 Å². The first-order valence-corrected chi connectivity index (χ1v) is 5.76. The van der Waals surface area contributed by atoms with E-state index in [0.717, 1.165) is 6.07 Å². The molecule has 6 heteroatoms. The molecular weight excluding hydrogens is 261 g/mol. The first kappa shape index (κ1) is 14.4. The SMILES string of the molecule is CCOC(=O)C(C)C(=O)Nc1cc(F)ccc1Cl. The third-order valence-corrected chi connectivity index (χ3v) is 2.55. The number of carbonyl (C=O) groups excluding carboxylic acids is 2. The second-order valence-corrected chi connectivity index (χ2v) is 3.99. The van der Waals surface area contributed by atoms with E-state index in [4.69, 9.17) is 16.3 Å². The first-order valence-electron chi connectivity index (χ1n) is 5.38. The Balaban J connectivity index is 2.75. The third kappa shape index (κ3) is 3.70. The van der Waals surface area contributed by atoms with Crippen molar-refractivity contribution in [3.05, 3.63) is 29.0 Å². The minimum Gasteiger partial charge on any atom is -0.465 e. The molecule has 0 spiro atoms. The average molecular weight is 274 g/mol. The highest BCUT2D eigenvalue weighted by Gasteiger charge is 2.23. The van der Waals surface area contributed by atoms with Gasteiger partial charge in [0.2, 0.25) is 5.91 Å². The minimum atomic E-state index is -0.982. The van der Waals surface area contributed by atoms with Crippen molar-refractivity contribution in [2.75, 3.05) is 11.9 Å². The first-order chi connectivity index (χ1) is 8.45. The average Bonchev–Trinajstić information content (AvgIpc) is 2.33. The van der Waals surface area contributed by atoms with E-state index < -0.39 is 23.6 Å². The van der Waals surface area contributed by atoms with Gasteiger partial charge < -0.3 is 10.1 Å². The van der Waals surface area contributed by atoms with Gasteiger partial charge in [0.25, 0.3) is 0 Å². The molecule has 18 heavy (non-hydrogen) atoms. The van der Waals surface area contributed by atoms with Crippen LogP contribution in [0.25, 0.3) is 0 Å². The van der Waals surface area contributed by atoms with Crippen LogP contribution >= 0.6 is 11.6 Å². The second kappa shape index (κ2) is 6.35. The molecule has 0 aliphatic heterocycles. The van der Waals surface area contributed by atoms with Crippen LogP contribution in [0.3, 0.4) is 0 Å². The molecule has 4 nitrogen and oxygen atoms in total. The number of benzene rings is 1. The summed E-state index contributed by atoms with van der Waals surface area (Å²) >= 11 is 5.79. The summed E-state index contributed by atoms with van der Waals surface area (Å²) in [6.07, 6.45) is 0. The smallest absolute Gasteiger partial charge is 0.318 e. The van der Waals surface area contributed by atoms with Crippen molar-refractivity contribution >= 4 is 29.2 Å². The molecular formula is C12H13ClFNO3. The Kier molecular flexibility index (Phi) is 5.09. The molecule has 0 heterocycles. The van der Waals surface area contributed by atoms with Gasteiger partial charge in [-0.1, -0.05) is 11.6 Å². The maximum atomic E-state index is 13.0. The van der Waals surface area contributed by atoms with E-state index in [1.54, 1.807) is 6.92 Å². The summed E-state index contributed by atoms with van der Waals surface area (Å²) < 4.78 is 17.7. The molecule has 1 amide bonds. The summed E-state index contributed by atoms with van der Waals surface area (Å²) in [5.41, 5.74) is 0.123. The van der Waals surface area contributed by atoms with E-state index in [2.05, 4.69) is 5.32 Å². The Morgan fingerprint density at radius 2 is 2.17 bits per heavy atom. The Morgan fingerprint density at radius 1 is 1.50 bits per heavy atom. The number of hydrogen-bond acceptors (Lipinski definition) is 3. The van der Waals surface area contributed by atoms with Crippen molar-refractivity contribution in [2.24, 2.45) is 5.92 Å². The molecule has 1 unspecified atom stereocenters. The monoisotopic (exact) mass is 273 g/mol. The molecule has 0 aliphatic carbocycles. The lowest BCUT2D eigenvalue weighted by Crippen LogP contribution is -2.28. The fourth-order valence-corrected chi connectivity index (χ4v) is 1.37. The predicted molar refractivity (Wildman–Crippen MR) is 65.8 cm³/mol. The van der Waals surface area contributed by atoms with Crippen molar-refractivity contribution in [1.82, 2.24) is 0 Å². The normalized spacial score (nSPS) is 11.8. The van der Waals surface area contributed by atoms with Crippen LogP contribution in [-0.2, 0) is 14.3 Å². The number of carbonyl (C=O) groups is 2. The standard InChI is InChI=1S/C12H13ClFNO3/c1-3-18-12(17)7(2)11(16)15-10-6-8(14)4-5-9(10)13/h4-7H,3H2,1-2H3,(H,15,16). The number of halogens is 2. The summed E-state index contributed by atoms with van der Waals surface area (Å²) in [5.74, 6) is -2.74. The van der Waals surface area contributed by atoms with Crippen LogP contribution in [0.1, 0.15) is 13.8 Å². The number of hydrogen-bond donors (Lipinski definition) is 1. The molecule has 0 fully saturated rings. The van der Waals surface area contributed by atoms with Gasteiger partial charge in [0, 0.05) is 0 Å². The Morgan fingerprint density at radius 3 is 2.78 bits per heavy atom. The molecule has 1 aromatic rings. The lowest BCUT2D eigenvalue weighted by molar-refractivity contribution is -0.150. The maximum Gasteiger partial charge on any atom is 0.318 e. The van der Waals surface area contributed by atoms with Gasteiger partial charge in [-0.25, -0.2) is 4.39 Å². The molecule has 0 radical (unpaired) electrons. The Labute approximate surface area is 109 Å². The molecule has 1 atom stereocenters. The fourth-order valence-electron chi connectivity index (χ4n) is 1.21. The van der Waals surface area contributed by atoms with Gasteiger partial charge in [0.1, 0.15) is 11.7 Å². The molecule has 0 bridgehead atoms. The molecule has 0 saturated carbocycles. The number of nitrogens with one attached hydrogen (secondary N) is 1. The van der Waals surface area contributed by atoms with Gasteiger partial charge in [-0.15, -0.1) is 0 Å². The summed E-state index contributed by atoms with van der Waals surface area (Å²) in [6, 6.07) is 3.58.